The molecule has 32 heavy (non-hydrogen) atoms. The first-order valence-corrected chi connectivity index (χ1v) is 12.2. The van der Waals surface area contributed by atoms with Crippen LogP contribution in [0.3, 0.4) is 0 Å². The van der Waals surface area contributed by atoms with E-state index in [0.717, 1.165) is 18.4 Å². The summed E-state index contributed by atoms with van der Waals surface area (Å²) in [5.74, 6) is -0.490. The molecule has 0 spiro atoms. The van der Waals surface area contributed by atoms with Crippen LogP contribution >= 0.6 is 0 Å². The molecule has 2 aromatic carbocycles. The van der Waals surface area contributed by atoms with Gasteiger partial charge >= 0.3 is 0 Å². The van der Waals surface area contributed by atoms with E-state index in [9.17, 15) is 17.6 Å². The van der Waals surface area contributed by atoms with E-state index in [4.69, 9.17) is 4.74 Å². The summed E-state index contributed by atoms with van der Waals surface area (Å²) in [4.78, 5) is 14.9. The number of halogens is 1. The first kappa shape index (κ1) is 24.2. The fraction of sp³-hybridized carbons (Fsp3) is 0.435. The van der Waals surface area contributed by atoms with Crippen LogP contribution in [0.15, 0.2) is 47.4 Å². The van der Waals surface area contributed by atoms with Crippen LogP contribution in [-0.2, 0) is 21.4 Å². The zero-order valence-electron chi connectivity index (χ0n) is 18.7. The molecule has 0 unspecified atom stereocenters. The molecular weight excluding hydrogens is 433 g/mol. The molecule has 1 saturated heterocycles. The standard InChI is InChI=1S/C23H30FN3O4S/c1-4-26(16-18-7-12-22(31-3)21(24)15-18)17(2)23(28)25-19-8-10-20(11-9-19)32(29,30)27-13-5-6-14-27/h7-12,15,17H,4-6,13-14,16H2,1-3H3,(H,25,28)/t17-/m1/s1. The number of ether oxygens (including phenoxy) is 1. The SMILES string of the molecule is CCN(Cc1ccc(OC)c(F)c1)[C@H](C)C(=O)Nc1ccc(S(=O)(=O)N2CCCC2)cc1. The highest BCUT2D eigenvalue weighted by molar-refractivity contribution is 7.89. The van der Waals surface area contributed by atoms with Crippen molar-refractivity contribution in [2.75, 3.05) is 32.1 Å². The smallest absolute Gasteiger partial charge is 0.243 e. The van der Waals surface area contributed by atoms with Crippen molar-refractivity contribution in [2.45, 2.75) is 44.2 Å². The van der Waals surface area contributed by atoms with Gasteiger partial charge in [-0.1, -0.05) is 13.0 Å². The van der Waals surface area contributed by atoms with Crippen LogP contribution in [0.1, 0.15) is 32.3 Å². The zero-order valence-corrected chi connectivity index (χ0v) is 19.5. The van der Waals surface area contributed by atoms with Gasteiger partial charge in [-0.3, -0.25) is 9.69 Å². The van der Waals surface area contributed by atoms with E-state index in [-0.39, 0.29) is 16.6 Å². The van der Waals surface area contributed by atoms with Crippen molar-refractivity contribution >= 4 is 21.6 Å². The van der Waals surface area contributed by atoms with Gasteiger partial charge in [0.2, 0.25) is 15.9 Å². The minimum Gasteiger partial charge on any atom is -0.494 e. The Kier molecular flexibility index (Phi) is 7.86. The van der Waals surface area contributed by atoms with E-state index >= 15 is 0 Å². The van der Waals surface area contributed by atoms with Gasteiger partial charge in [-0.05, 0) is 68.3 Å². The van der Waals surface area contributed by atoms with E-state index in [0.29, 0.717) is 31.9 Å². The molecule has 3 rings (SSSR count). The summed E-state index contributed by atoms with van der Waals surface area (Å²) in [6.07, 6.45) is 1.75. The number of amides is 1. The van der Waals surface area contributed by atoms with Crippen molar-refractivity contribution in [1.29, 1.82) is 0 Å². The highest BCUT2D eigenvalue weighted by atomic mass is 32.2. The lowest BCUT2D eigenvalue weighted by atomic mass is 10.1. The summed E-state index contributed by atoms with van der Waals surface area (Å²) in [6, 6.07) is 10.5. The molecule has 1 fully saturated rings. The van der Waals surface area contributed by atoms with Crippen LogP contribution in [0.25, 0.3) is 0 Å². The molecule has 174 valence electrons. The molecule has 1 aliphatic rings. The summed E-state index contributed by atoms with van der Waals surface area (Å²) >= 11 is 0. The van der Waals surface area contributed by atoms with Gasteiger partial charge in [-0.25, -0.2) is 12.8 Å². The molecule has 1 aliphatic heterocycles. The molecule has 0 bridgehead atoms. The average molecular weight is 464 g/mol. The Balaban J connectivity index is 1.64. The number of hydrogen-bond donors (Lipinski definition) is 1. The van der Waals surface area contributed by atoms with Crippen molar-refractivity contribution in [3.63, 3.8) is 0 Å². The van der Waals surface area contributed by atoms with E-state index < -0.39 is 21.9 Å². The molecule has 1 amide bonds. The molecule has 1 N–H and O–H groups in total. The summed E-state index contributed by atoms with van der Waals surface area (Å²) in [7, 11) is -2.07. The van der Waals surface area contributed by atoms with E-state index in [1.807, 2.05) is 11.8 Å². The minimum absolute atomic E-state index is 0.179. The third-order valence-corrected chi connectivity index (χ3v) is 7.67. The molecule has 2 aromatic rings. The predicted molar refractivity (Wildman–Crippen MR) is 122 cm³/mol. The first-order valence-electron chi connectivity index (χ1n) is 10.7. The lowest BCUT2D eigenvalue weighted by Gasteiger charge is -2.27. The average Bonchev–Trinajstić information content (AvgIpc) is 3.33. The van der Waals surface area contributed by atoms with Crippen LogP contribution in [0.4, 0.5) is 10.1 Å². The number of benzene rings is 2. The van der Waals surface area contributed by atoms with Crippen LogP contribution in [0.5, 0.6) is 5.75 Å². The number of carbonyl (C=O) groups is 1. The second-order valence-electron chi connectivity index (χ2n) is 7.83. The maximum atomic E-state index is 14.0. The maximum Gasteiger partial charge on any atom is 0.243 e. The van der Waals surface area contributed by atoms with Gasteiger partial charge < -0.3 is 10.1 Å². The van der Waals surface area contributed by atoms with E-state index in [1.165, 1.54) is 29.6 Å². The number of likely N-dealkylation sites (N-methyl/N-ethyl adjacent to an activating group) is 1. The molecule has 9 heteroatoms. The second kappa shape index (κ2) is 10.4. The Morgan fingerprint density at radius 2 is 1.84 bits per heavy atom. The van der Waals surface area contributed by atoms with Gasteiger partial charge in [0.15, 0.2) is 11.6 Å². The number of rotatable bonds is 9. The number of hydrogen-bond acceptors (Lipinski definition) is 5. The predicted octanol–water partition coefficient (Wildman–Crippen LogP) is 3.47. The molecule has 0 radical (unpaired) electrons. The number of nitrogens with zero attached hydrogens (tertiary/aromatic N) is 2. The quantitative estimate of drug-likeness (QED) is 0.616. The number of nitrogens with one attached hydrogen (secondary N) is 1. The molecule has 0 aromatic heterocycles. The zero-order chi connectivity index (χ0) is 23.3. The Labute approximate surface area is 189 Å². The number of methoxy groups -OCH3 is 1. The van der Waals surface area contributed by atoms with Crippen molar-refractivity contribution < 1.29 is 22.3 Å². The largest absolute Gasteiger partial charge is 0.494 e. The molecule has 1 atom stereocenters. The third-order valence-electron chi connectivity index (χ3n) is 5.76. The summed E-state index contributed by atoms with van der Waals surface area (Å²) in [6.45, 7) is 5.80. The highest BCUT2D eigenvalue weighted by Gasteiger charge is 2.27. The monoisotopic (exact) mass is 463 g/mol. The Morgan fingerprint density at radius 1 is 1.19 bits per heavy atom. The van der Waals surface area contributed by atoms with Crippen molar-refractivity contribution in [1.82, 2.24) is 9.21 Å². The normalized spacial score (nSPS) is 15.7. The Morgan fingerprint density at radius 3 is 2.41 bits per heavy atom. The molecule has 1 heterocycles. The molecule has 0 aliphatic carbocycles. The van der Waals surface area contributed by atoms with Crippen molar-refractivity contribution in [2.24, 2.45) is 0 Å². The van der Waals surface area contributed by atoms with Gasteiger partial charge in [0.05, 0.1) is 18.0 Å². The Hall–Kier alpha value is -2.49. The topological polar surface area (TPSA) is 79.0 Å². The van der Waals surface area contributed by atoms with Crippen molar-refractivity contribution in [3.8, 4) is 5.75 Å². The van der Waals surface area contributed by atoms with Crippen LogP contribution in [-0.4, -0.2) is 56.3 Å². The molecule has 7 nitrogen and oxygen atoms in total. The summed E-state index contributed by atoms with van der Waals surface area (Å²) in [5.41, 5.74) is 1.26. The lowest BCUT2D eigenvalue weighted by Crippen LogP contribution is -2.41. The highest BCUT2D eigenvalue weighted by Crippen LogP contribution is 2.23. The van der Waals surface area contributed by atoms with Gasteiger partial charge in [-0.2, -0.15) is 4.31 Å². The van der Waals surface area contributed by atoms with Crippen LogP contribution in [0.2, 0.25) is 0 Å². The van der Waals surface area contributed by atoms with Gasteiger partial charge in [0.1, 0.15) is 0 Å². The van der Waals surface area contributed by atoms with Gasteiger partial charge in [0, 0.05) is 25.3 Å². The van der Waals surface area contributed by atoms with Crippen molar-refractivity contribution in [3.05, 3.63) is 53.8 Å². The molecular formula is C23H30FN3O4S. The minimum atomic E-state index is -3.49. The van der Waals surface area contributed by atoms with Crippen LogP contribution < -0.4 is 10.1 Å². The van der Waals surface area contributed by atoms with Crippen LogP contribution in [0, 0.1) is 5.82 Å². The fourth-order valence-corrected chi connectivity index (χ4v) is 5.28. The third kappa shape index (κ3) is 5.46. The van der Waals surface area contributed by atoms with Gasteiger partial charge in [-0.15, -0.1) is 0 Å². The lowest BCUT2D eigenvalue weighted by molar-refractivity contribution is -0.120. The second-order valence-corrected chi connectivity index (χ2v) is 9.77. The van der Waals surface area contributed by atoms with Gasteiger partial charge in [0.25, 0.3) is 0 Å². The number of anilines is 1. The van der Waals surface area contributed by atoms with E-state index in [2.05, 4.69) is 5.32 Å². The maximum absolute atomic E-state index is 14.0. The number of sulfonamides is 1. The first-order chi connectivity index (χ1) is 15.3. The number of carbonyl (C=O) groups excluding carboxylic acids is 1. The molecule has 0 saturated carbocycles. The Bertz CT molecular complexity index is 1040. The fourth-order valence-electron chi connectivity index (χ4n) is 3.77. The summed E-state index contributed by atoms with van der Waals surface area (Å²) in [5, 5.41) is 2.84. The van der Waals surface area contributed by atoms with E-state index in [1.54, 1.807) is 31.2 Å². The summed E-state index contributed by atoms with van der Waals surface area (Å²) < 4.78 is 45.7.